The third kappa shape index (κ3) is 4.34. The third-order valence-electron chi connectivity index (χ3n) is 7.43. The number of fused-ring (bicyclic) bond motifs is 2. The fourth-order valence-corrected chi connectivity index (χ4v) is 6.78. The van der Waals surface area contributed by atoms with Gasteiger partial charge in [-0.25, -0.2) is 17.4 Å². The molecule has 6 aromatic rings. The molecule has 1 atom stereocenters. The monoisotopic (exact) mass is 567 g/mol. The van der Waals surface area contributed by atoms with Crippen LogP contribution in [0.15, 0.2) is 96.2 Å². The minimum absolute atomic E-state index is 0.136. The highest BCUT2D eigenvalue weighted by Crippen LogP contribution is 2.42. The minimum atomic E-state index is -4.11. The van der Waals surface area contributed by atoms with Crippen LogP contribution in [0.3, 0.4) is 0 Å². The molecule has 41 heavy (non-hydrogen) atoms. The van der Waals surface area contributed by atoms with Gasteiger partial charge in [0, 0.05) is 41.8 Å². The van der Waals surface area contributed by atoms with Crippen molar-refractivity contribution in [3.63, 3.8) is 0 Å². The second-order valence-corrected chi connectivity index (χ2v) is 11.7. The second kappa shape index (κ2) is 10.1. The van der Waals surface area contributed by atoms with Crippen molar-refractivity contribution in [1.82, 2.24) is 13.5 Å². The maximum atomic E-state index is 14.3. The van der Waals surface area contributed by atoms with Gasteiger partial charge in [0.2, 0.25) is 0 Å². The molecular weight excluding hydrogens is 538 g/mol. The predicted molar refractivity (Wildman–Crippen MR) is 159 cm³/mol. The summed E-state index contributed by atoms with van der Waals surface area (Å²) in [5.74, 6) is 1.09. The molecule has 3 aromatic heterocycles. The highest BCUT2D eigenvalue weighted by atomic mass is 32.2. The molecule has 0 radical (unpaired) electrons. The average Bonchev–Trinajstić information content (AvgIpc) is 3.54. The first-order chi connectivity index (χ1) is 19.7. The van der Waals surface area contributed by atoms with Crippen molar-refractivity contribution in [3.05, 3.63) is 108 Å². The van der Waals surface area contributed by atoms with E-state index in [0.717, 1.165) is 16.5 Å². The molecule has 0 amide bonds. The van der Waals surface area contributed by atoms with Gasteiger partial charge in [0.15, 0.2) is 17.1 Å². The Morgan fingerprint density at radius 1 is 0.878 bits per heavy atom. The summed E-state index contributed by atoms with van der Waals surface area (Å²) in [5, 5.41) is 12.7. The molecule has 1 unspecified atom stereocenters. The van der Waals surface area contributed by atoms with Crippen molar-refractivity contribution >= 4 is 32.0 Å². The van der Waals surface area contributed by atoms with Crippen LogP contribution < -0.4 is 9.47 Å². The van der Waals surface area contributed by atoms with Gasteiger partial charge < -0.3 is 19.1 Å². The molecule has 3 aromatic carbocycles. The lowest BCUT2D eigenvalue weighted by molar-refractivity contribution is 0.222. The number of hydrogen-bond acceptors (Lipinski definition) is 6. The van der Waals surface area contributed by atoms with Gasteiger partial charge in [-0.15, -0.1) is 0 Å². The van der Waals surface area contributed by atoms with E-state index in [4.69, 9.17) is 9.47 Å². The van der Waals surface area contributed by atoms with Crippen LogP contribution in [-0.4, -0.2) is 41.3 Å². The van der Waals surface area contributed by atoms with Gasteiger partial charge in [-0.1, -0.05) is 48.0 Å². The summed E-state index contributed by atoms with van der Waals surface area (Å²) in [6, 6.07) is 23.2. The summed E-state index contributed by atoms with van der Waals surface area (Å²) in [4.78, 5) is 4.68. The number of nitrogens with zero attached hydrogens (tertiary/aromatic N) is 3. The Labute approximate surface area is 238 Å². The number of aliphatic hydroxyl groups excluding tert-OH is 1. The lowest BCUT2D eigenvalue weighted by Crippen LogP contribution is -2.15. The molecule has 208 valence electrons. The van der Waals surface area contributed by atoms with Crippen molar-refractivity contribution in [3.8, 4) is 22.8 Å². The van der Waals surface area contributed by atoms with Crippen molar-refractivity contribution in [2.45, 2.75) is 17.9 Å². The summed E-state index contributed by atoms with van der Waals surface area (Å²) < 4.78 is 43.0. The number of methoxy groups -OCH3 is 2. The zero-order valence-electron chi connectivity index (χ0n) is 23.1. The van der Waals surface area contributed by atoms with Crippen LogP contribution in [0.2, 0.25) is 0 Å². The van der Waals surface area contributed by atoms with Crippen LogP contribution in [0.25, 0.3) is 33.2 Å². The maximum absolute atomic E-state index is 14.3. The quantitative estimate of drug-likeness (QED) is 0.260. The normalized spacial score (nSPS) is 12.6. The van der Waals surface area contributed by atoms with Crippen molar-refractivity contribution in [2.75, 3.05) is 14.2 Å². The maximum Gasteiger partial charge on any atom is 0.269 e. The standard InChI is InChI=1S/C32H29N3O5S/c1-20-10-12-22(13-11-20)41(37,38)35-28(26-19-34(2)27-18-30(40-4)29(39-3)17-24(26)27)16-25-23(14-15-33-32(25)35)31(36)21-8-6-5-7-9-21/h5-19,31,36H,1-4H3. The molecule has 0 saturated carbocycles. The first-order valence-electron chi connectivity index (χ1n) is 13.0. The molecule has 0 saturated heterocycles. The van der Waals surface area contributed by atoms with Gasteiger partial charge in [0.05, 0.1) is 30.3 Å². The van der Waals surface area contributed by atoms with Gasteiger partial charge in [-0.05, 0) is 48.4 Å². The fraction of sp³-hybridized carbons (Fsp3) is 0.156. The number of ether oxygens (including phenoxy) is 2. The zero-order valence-corrected chi connectivity index (χ0v) is 23.9. The largest absolute Gasteiger partial charge is 0.493 e. The smallest absolute Gasteiger partial charge is 0.269 e. The van der Waals surface area contributed by atoms with Crippen LogP contribution in [0.5, 0.6) is 11.5 Å². The lowest BCUT2D eigenvalue weighted by Gasteiger charge is -2.14. The summed E-state index contributed by atoms with van der Waals surface area (Å²) in [7, 11) is 0.921. The summed E-state index contributed by atoms with van der Waals surface area (Å²) in [6.07, 6.45) is 2.43. The first-order valence-corrected chi connectivity index (χ1v) is 14.5. The number of aliphatic hydroxyl groups is 1. The molecule has 9 heteroatoms. The van der Waals surface area contributed by atoms with E-state index in [0.29, 0.717) is 39.3 Å². The van der Waals surface area contributed by atoms with Gasteiger partial charge in [-0.2, -0.15) is 0 Å². The van der Waals surface area contributed by atoms with Crippen LogP contribution in [0.1, 0.15) is 22.8 Å². The summed E-state index contributed by atoms with van der Waals surface area (Å²) >= 11 is 0. The molecule has 8 nitrogen and oxygen atoms in total. The molecule has 0 aliphatic carbocycles. The number of pyridine rings is 1. The van der Waals surface area contributed by atoms with Crippen LogP contribution in [0, 0.1) is 6.92 Å². The van der Waals surface area contributed by atoms with E-state index in [2.05, 4.69) is 4.98 Å². The van der Waals surface area contributed by atoms with Crippen LogP contribution in [-0.2, 0) is 17.1 Å². The Balaban J connectivity index is 1.69. The van der Waals surface area contributed by atoms with E-state index in [1.54, 1.807) is 50.6 Å². The Morgan fingerprint density at radius 2 is 1.56 bits per heavy atom. The molecule has 3 heterocycles. The van der Waals surface area contributed by atoms with Crippen molar-refractivity contribution in [1.29, 1.82) is 0 Å². The minimum Gasteiger partial charge on any atom is -0.493 e. The SMILES string of the molecule is COc1cc2c(-c3cc4c(C(O)c5ccccc5)ccnc4n3S(=O)(=O)c3ccc(C)cc3)cn(C)c2cc1OC. The molecule has 0 aliphatic heterocycles. The van der Waals surface area contributed by atoms with E-state index in [1.807, 2.05) is 67.2 Å². The molecule has 6 rings (SSSR count). The molecule has 0 aliphatic rings. The zero-order chi connectivity index (χ0) is 28.9. The first kappa shape index (κ1) is 26.6. The van der Waals surface area contributed by atoms with E-state index in [9.17, 15) is 13.5 Å². The van der Waals surface area contributed by atoms with Crippen LogP contribution in [0.4, 0.5) is 0 Å². The van der Waals surface area contributed by atoms with Gasteiger partial charge in [-0.3, -0.25) is 0 Å². The summed E-state index contributed by atoms with van der Waals surface area (Å²) in [5.41, 5.74) is 4.33. The summed E-state index contributed by atoms with van der Waals surface area (Å²) in [6.45, 7) is 1.91. The number of rotatable bonds is 7. The Hall–Kier alpha value is -4.60. The van der Waals surface area contributed by atoms with Crippen molar-refractivity contribution < 1.29 is 23.0 Å². The van der Waals surface area contributed by atoms with Crippen LogP contribution >= 0.6 is 0 Å². The lowest BCUT2D eigenvalue weighted by atomic mass is 10.00. The Morgan fingerprint density at radius 3 is 2.24 bits per heavy atom. The molecule has 1 N–H and O–H groups in total. The second-order valence-electron chi connectivity index (χ2n) is 9.94. The molecule has 0 fully saturated rings. The number of aromatic nitrogens is 3. The highest BCUT2D eigenvalue weighted by molar-refractivity contribution is 7.90. The van der Waals surface area contributed by atoms with E-state index < -0.39 is 16.1 Å². The van der Waals surface area contributed by atoms with Gasteiger partial charge in [0.25, 0.3) is 10.0 Å². The molecule has 0 bridgehead atoms. The van der Waals surface area contributed by atoms with Crippen molar-refractivity contribution in [2.24, 2.45) is 7.05 Å². The van der Waals surface area contributed by atoms with E-state index in [-0.39, 0.29) is 10.5 Å². The predicted octanol–water partition coefficient (Wildman–Crippen LogP) is 5.84. The van der Waals surface area contributed by atoms with E-state index in [1.165, 1.54) is 10.2 Å². The highest BCUT2D eigenvalue weighted by Gasteiger charge is 2.29. The fourth-order valence-electron chi connectivity index (χ4n) is 5.31. The Kier molecular flexibility index (Phi) is 6.56. The third-order valence-corrected chi connectivity index (χ3v) is 9.15. The van der Waals surface area contributed by atoms with Gasteiger partial charge in [0.1, 0.15) is 6.10 Å². The number of aryl methyl sites for hydroxylation is 2. The van der Waals surface area contributed by atoms with E-state index >= 15 is 0 Å². The molecule has 0 spiro atoms. The average molecular weight is 568 g/mol. The Bertz CT molecular complexity index is 2010. The molecular formula is C32H29N3O5S. The number of benzene rings is 3. The number of hydrogen-bond donors (Lipinski definition) is 1. The van der Waals surface area contributed by atoms with Gasteiger partial charge >= 0.3 is 0 Å². The topological polar surface area (TPSA) is 95.6 Å².